The number of hydrogen-bond donors (Lipinski definition) is 1. The van der Waals surface area contributed by atoms with Crippen molar-refractivity contribution in [1.82, 2.24) is 9.97 Å². The fourth-order valence-electron chi connectivity index (χ4n) is 4.27. The van der Waals surface area contributed by atoms with Gasteiger partial charge in [0.05, 0.1) is 22.2 Å². The first kappa shape index (κ1) is 22.7. The monoisotopic (exact) mass is 481 g/mol. The highest BCUT2D eigenvalue weighted by molar-refractivity contribution is 7.17. The predicted molar refractivity (Wildman–Crippen MR) is 137 cm³/mol. The summed E-state index contributed by atoms with van der Waals surface area (Å²) in [5, 5.41) is 11.7. The Morgan fingerprint density at radius 2 is 1.77 bits per heavy atom. The van der Waals surface area contributed by atoms with Crippen LogP contribution in [-0.4, -0.2) is 26.8 Å². The van der Waals surface area contributed by atoms with Crippen LogP contribution in [0.3, 0.4) is 0 Å². The molecule has 0 saturated heterocycles. The van der Waals surface area contributed by atoms with Crippen LogP contribution in [0.2, 0.25) is 0 Å². The molecule has 7 heteroatoms. The molecule has 0 saturated carbocycles. The van der Waals surface area contributed by atoms with Gasteiger partial charge in [0.1, 0.15) is 5.01 Å². The number of hydrogen-bond acceptors (Lipinski definition) is 6. The third-order valence-corrected chi connectivity index (χ3v) is 7.45. The topological polar surface area (TPSA) is 83.4 Å². The summed E-state index contributed by atoms with van der Waals surface area (Å²) in [5.74, 6) is -1.57. The van der Waals surface area contributed by atoms with Gasteiger partial charge in [-0.2, -0.15) is 0 Å². The number of thiazole rings is 1. The van der Waals surface area contributed by atoms with Gasteiger partial charge in [0.15, 0.2) is 5.76 Å². The highest BCUT2D eigenvalue weighted by atomic mass is 32.1. The van der Waals surface area contributed by atoms with E-state index in [1.807, 2.05) is 62.4 Å². The minimum absolute atomic E-state index is 0.0348. The van der Waals surface area contributed by atoms with Crippen LogP contribution in [0.15, 0.2) is 84.4 Å². The van der Waals surface area contributed by atoms with E-state index in [1.54, 1.807) is 31.5 Å². The molecular formula is C28H23N3O3S. The molecule has 3 heterocycles. The van der Waals surface area contributed by atoms with Gasteiger partial charge in [0.25, 0.3) is 5.91 Å². The zero-order valence-corrected chi connectivity index (χ0v) is 20.3. The Kier molecular flexibility index (Phi) is 5.78. The molecule has 1 amide bonds. The van der Waals surface area contributed by atoms with Crippen LogP contribution in [0.25, 0.3) is 10.6 Å². The van der Waals surface area contributed by atoms with Crippen LogP contribution >= 0.6 is 11.3 Å². The van der Waals surface area contributed by atoms with Crippen molar-refractivity contribution in [3.05, 3.63) is 112 Å². The van der Waals surface area contributed by atoms with Crippen molar-refractivity contribution in [2.24, 2.45) is 0 Å². The lowest BCUT2D eigenvalue weighted by molar-refractivity contribution is -0.117. The van der Waals surface area contributed by atoms with Crippen molar-refractivity contribution in [3.63, 3.8) is 0 Å². The minimum atomic E-state index is -0.813. The molecule has 2 aromatic heterocycles. The Hall–Kier alpha value is -4.10. The quantitative estimate of drug-likeness (QED) is 0.358. The number of amides is 1. The zero-order valence-electron chi connectivity index (χ0n) is 19.5. The molecule has 6 nitrogen and oxygen atoms in total. The molecule has 0 fully saturated rings. The Morgan fingerprint density at radius 1 is 1.00 bits per heavy atom. The number of pyridine rings is 1. The van der Waals surface area contributed by atoms with Gasteiger partial charge in [-0.3, -0.25) is 19.5 Å². The van der Waals surface area contributed by atoms with Gasteiger partial charge in [-0.15, -0.1) is 11.3 Å². The zero-order chi connectivity index (χ0) is 24.7. The minimum Gasteiger partial charge on any atom is -0.503 e. The molecule has 35 heavy (non-hydrogen) atoms. The van der Waals surface area contributed by atoms with E-state index in [1.165, 1.54) is 16.2 Å². The third-order valence-electron chi connectivity index (χ3n) is 6.25. The second-order valence-electron chi connectivity index (χ2n) is 8.52. The van der Waals surface area contributed by atoms with Gasteiger partial charge in [0, 0.05) is 23.6 Å². The number of ketones is 1. The molecule has 0 aliphatic carbocycles. The molecule has 174 valence electrons. The maximum Gasteiger partial charge on any atom is 0.294 e. The number of aromatic nitrogens is 2. The first-order valence-electron chi connectivity index (χ1n) is 11.2. The summed E-state index contributed by atoms with van der Waals surface area (Å²) in [6.07, 6.45) is 3.25. The molecule has 0 spiro atoms. The predicted octanol–water partition coefficient (Wildman–Crippen LogP) is 5.91. The van der Waals surface area contributed by atoms with E-state index in [-0.39, 0.29) is 5.57 Å². The Balaban J connectivity index is 1.63. The van der Waals surface area contributed by atoms with Crippen molar-refractivity contribution in [3.8, 4) is 10.6 Å². The first-order chi connectivity index (χ1) is 16.9. The number of carbonyl (C=O) groups excluding carboxylic acids is 2. The van der Waals surface area contributed by atoms with E-state index in [2.05, 4.69) is 9.97 Å². The Labute approximate surface area is 207 Å². The van der Waals surface area contributed by atoms with E-state index >= 15 is 0 Å². The second kappa shape index (κ2) is 8.92. The lowest BCUT2D eigenvalue weighted by Gasteiger charge is -2.27. The fraction of sp³-hybridized carbons (Fsp3) is 0.143. The van der Waals surface area contributed by atoms with Crippen LogP contribution in [0.4, 0.5) is 5.69 Å². The first-order valence-corrected chi connectivity index (χ1v) is 12.0. The van der Waals surface area contributed by atoms with Crippen LogP contribution in [0.1, 0.15) is 38.1 Å². The molecule has 1 aliphatic rings. The van der Waals surface area contributed by atoms with Crippen molar-refractivity contribution in [2.75, 3.05) is 4.90 Å². The lowest BCUT2D eigenvalue weighted by Crippen LogP contribution is -2.31. The maximum atomic E-state index is 13.9. The highest BCUT2D eigenvalue weighted by Gasteiger charge is 2.45. The second-order valence-corrected chi connectivity index (χ2v) is 9.52. The van der Waals surface area contributed by atoms with Crippen LogP contribution < -0.4 is 4.90 Å². The number of anilines is 1. The number of aryl methyl sites for hydroxylation is 3. The number of aliphatic hydroxyl groups excluding tert-OH is 1. The maximum absolute atomic E-state index is 13.9. The summed E-state index contributed by atoms with van der Waals surface area (Å²) in [5.41, 5.74) is 4.82. The van der Waals surface area contributed by atoms with Crippen molar-refractivity contribution >= 4 is 28.7 Å². The molecule has 1 aliphatic heterocycles. The van der Waals surface area contributed by atoms with E-state index < -0.39 is 23.5 Å². The summed E-state index contributed by atoms with van der Waals surface area (Å²) >= 11 is 1.26. The summed E-state index contributed by atoms with van der Waals surface area (Å²) < 4.78 is 0. The number of nitrogens with zero attached hydrogens (tertiary/aromatic N) is 3. The van der Waals surface area contributed by atoms with Crippen LogP contribution in [-0.2, 0) is 4.79 Å². The van der Waals surface area contributed by atoms with Crippen molar-refractivity contribution in [1.29, 1.82) is 0 Å². The summed E-state index contributed by atoms with van der Waals surface area (Å²) in [4.78, 5) is 37.9. The molecule has 5 rings (SSSR count). The van der Waals surface area contributed by atoms with Gasteiger partial charge in [0.2, 0.25) is 5.78 Å². The van der Waals surface area contributed by atoms with Crippen molar-refractivity contribution < 1.29 is 14.7 Å². The van der Waals surface area contributed by atoms with Gasteiger partial charge < -0.3 is 5.11 Å². The Morgan fingerprint density at radius 3 is 2.46 bits per heavy atom. The number of benzene rings is 2. The standard InChI is InChI=1S/C28H23N3O3S/c1-16-11-12-21(14-17(16)2)31-23(20-10-7-13-29-15-20)22(25(33)28(31)34)24(32)26-18(3)30-27(35-26)19-8-5-4-6-9-19/h4-15,23,33H,1-3H3. The van der Waals surface area contributed by atoms with E-state index in [0.29, 0.717) is 26.8 Å². The molecule has 0 bridgehead atoms. The van der Waals surface area contributed by atoms with E-state index in [4.69, 9.17) is 0 Å². The third kappa shape index (κ3) is 3.94. The van der Waals surface area contributed by atoms with Gasteiger partial charge in [-0.05, 0) is 55.7 Å². The average Bonchev–Trinajstić information content (AvgIpc) is 3.39. The fourth-order valence-corrected chi connectivity index (χ4v) is 5.29. The number of carbonyl (C=O) groups is 2. The largest absolute Gasteiger partial charge is 0.503 e. The SMILES string of the molecule is Cc1ccc(N2C(=O)C(O)=C(C(=O)c3sc(-c4ccccc4)nc3C)C2c2cccnc2)cc1C. The normalized spacial score (nSPS) is 15.7. The Bertz CT molecular complexity index is 1480. The molecule has 0 radical (unpaired) electrons. The summed E-state index contributed by atoms with van der Waals surface area (Å²) in [7, 11) is 0. The smallest absolute Gasteiger partial charge is 0.294 e. The average molecular weight is 482 g/mol. The molecule has 1 atom stereocenters. The van der Waals surface area contributed by atoms with E-state index in [0.717, 1.165) is 16.7 Å². The van der Waals surface area contributed by atoms with Gasteiger partial charge >= 0.3 is 0 Å². The molecule has 1 N–H and O–H groups in total. The molecule has 2 aromatic carbocycles. The molecule has 1 unspecified atom stereocenters. The van der Waals surface area contributed by atoms with Gasteiger partial charge in [-0.1, -0.05) is 42.5 Å². The van der Waals surface area contributed by atoms with Crippen LogP contribution in [0.5, 0.6) is 0 Å². The van der Waals surface area contributed by atoms with E-state index in [9.17, 15) is 14.7 Å². The lowest BCUT2D eigenvalue weighted by atomic mass is 9.95. The summed E-state index contributed by atoms with van der Waals surface area (Å²) in [6.45, 7) is 5.72. The number of rotatable bonds is 5. The highest BCUT2D eigenvalue weighted by Crippen LogP contribution is 2.43. The van der Waals surface area contributed by atoms with Gasteiger partial charge in [-0.25, -0.2) is 4.98 Å². The number of Topliss-reactive ketones (excluding diaryl/α,β-unsaturated/α-hetero) is 1. The number of aliphatic hydroxyl groups is 1. The summed E-state index contributed by atoms with van der Waals surface area (Å²) in [6, 6.07) is 18.0. The molecular weight excluding hydrogens is 458 g/mol. The van der Waals surface area contributed by atoms with Crippen LogP contribution in [0, 0.1) is 20.8 Å². The van der Waals surface area contributed by atoms with Crippen molar-refractivity contribution in [2.45, 2.75) is 26.8 Å². The molecule has 4 aromatic rings.